The van der Waals surface area contributed by atoms with E-state index in [1.807, 2.05) is 12.1 Å². The van der Waals surface area contributed by atoms with Gasteiger partial charge in [0.15, 0.2) is 0 Å². The van der Waals surface area contributed by atoms with Gasteiger partial charge in [0.05, 0.1) is 0 Å². The molecule has 3 rings (SSSR count). The number of amides is 1. The second-order valence-corrected chi connectivity index (χ2v) is 7.82. The Balaban J connectivity index is 1.63. The molecule has 4 heteroatoms. The van der Waals surface area contributed by atoms with Crippen molar-refractivity contribution in [2.45, 2.75) is 71.1 Å². The van der Waals surface area contributed by atoms with Crippen molar-refractivity contribution in [3.8, 4) is 5.75 Å². The first kappa shape index (κ1) is 15.3. The lowest BCUT2D eigenvalue weighted by Crippen LogP contribution is -2.50. The van der Waals surface area contributed by atoms with Crippen molar-refractivity contribution >= 4 is 5.91 Å². The maximum Gasteiger partial charge on any atom is 0.223 e. The number of hydrogen-bond acceptors (Lipinski definition) is 3. The fraction of sp³-hybridized carbons (Fsp3) is 0.667. The van der Waals surface area contributed by atoms with Gasteiger partial charge in [0.1, 0.15) is 11.9 Å². The molecule has 1 amide bonds. The monoisotopic (exact) mass is 302 g/mol. The second-order valence-electron chi connectivity index (χ2n) is 7.82. The topological polar surface area (TPSA) is 42.4 Å². The molecule has 0 aliphatic carbocycles. The average molecular weight is 302 g/mol. The molecule has 0 saturated carbocycles. The molecule has 2 atom stereocenters. The van der Waals surface area contributed by atoms with Gasteiger partial charge in [-0.25, -0.2) is 0 Å². The summed E-state index contributed by atoms with van der Waals surface area (Å²) < 4.78 is 6.09. The number of ether oxygens (including phenoxy) is 1. The summed E-state index contributed by atoms with van der Waals surface area (Å²) in [5.41, 5.74) is 0.0565. The molecule has 2 unspecified atom stereocenters. The van der Waals surface area contributed by atoms with Crippen LogP contribution in [0, 0.1) is 5.41 Å². The molecule has 0 N–H and O–H groups in total. The minimum Gasteiger partial charge on any atom is -0.490 e. The van der Waals surface area contributed by atoms with Crippen LogP contribution in [0.4, 0.5) is 0 Å². The Bertz CT molecular complexity index is 510. The number of hydrogen-bond donors (Lipinski definition) is 0. The third-order valence-corrected chi connectivity index (χ3v) is 4.61. The van der Waals surface area contributed by atoms with Gasteiger partial charge in [-0.3, -0.25) is 9.78 Å². The number of nitrogens with zero attached hydrogens (tertiary/aromatic N) is 2. The minimum atomic E-state index is 0.0565. The van der Waals surface area contributed by atoms with Crippen molar-refractivity contribution in [1.82, 2.24) is 9.88 Å². The van der Waals surface area contributed by atoms with Gasteiger partial charge in [-0.05, 0) is 30.4 Å². The normalized spacial score (nSPS) is 27.8. The number of rotatable bonds is 3. The molecule has 0 radical (unpaired) electrons. The fourth-order valence-electron chi connectivity index (χ4n) is 3.78. The molecule has 0 aromatic carbocycles. The van der Waals surface area contributed by atoms with Gasteiger partial charge in [0.2, 0.25) is 5.91 Å². The summed E-state index contributed by atoms with van der Waals surface area (Å²) in [5.74, 6) is 1.20. The maximum absolute atomic E-state index is 12.6. The molecular weight excluding hydrogens is 276 g/mol. The molecule has 2 aliphatic heterocycles. The lowest BCUT2D eigenvalue weighted by atomic mass is 9.90. The van der Waals surface area contributed by atoms with Gasteiger partial charge in [0.25, 0.3) is 0 Å². The van der Waals surface area contributed by atoms with E-state index in [9.17, 15) is 4.79 Å². The van der Waals surface area contributed by atoms with Crippen LogP contribution in [0.3, 0.4) is 0 Å². The van der Waals surface area contributed by atoms with E-state index in [0.29, 0.717) is 24.4 Å². The van der Waals surface area contributed by atoms with Crippen LogP contribution < -0.4 is 4.74 Å². The summed E-state index contributed by atoms with van der Waals surface area (Å²) in [6, 6.07) is 4.53. The number of aromatic nitrogens is 1. The molecule has 1 aromatic heterocycles. The van der Waals surface area contributed by atoms with Gasteiger partial charge < -0.3 is 9.64 Å². The van der Waals surface area contributed by atoms with Crippen LogP contribution in [0.25, 0.3) is 0 Å². The summed E-state index contributed by atoms with van der Waals surface area (Å²) in [6.07, 6.45) is 8.52. The molecule has 4 nitrogen and oxygen atoms in total. The summed E-state index contributed by atoms with van der Waals surface area (Å²) >= 11 is 0. The number of carbonyl (C=O) groups excluding carboxylic acids is 1. The second kappa shape index (κ2) is 5.90. The Labute approximate surface area is 132 Å². The van der Waals surface area contributed by atoms with E-state index in [1.165, 1.54) is 0 Å². The summed E-state index contributed by atoms with van der Waals surface area (Å²) in [5, 5.41) is 0. The van der Waals surface area contributed by atoms with Crippen LogP contribution in [0.1, 0.15) is 52.9 Å². The Morgan fingerprint density at radius 2 is 1.82 bits per heavy atom. The van der Waals surface area contributed by atoms with Crippen LogP contribution in [0.5, 0.6) is 5.75 Å². The minimum absolute atomic E-state index is 0.0565. The molecule has 22 heavy (non-hydrogen) atoms. The Kier molecular flexibility index (Phi) is 4.11. The summed E-state index contributed by atoms with van der Waals surface area (Å²) in [7, 11) is 0. The van der Waals surface area contributed by atoms with Gasteiger partial charge in [-0.1, -0.05) is 20.8 Å². The van der Waals surface area contributed by atoms with E-state index in [-0.39, 0.29) is 11.5 Å². The highest BCUT2D eigenvalue weighted by atomic mass is 16.5. The lowest BCUT2D eigenvalue weighted by Gasteiger charge is -2.40. The number of pyridine rings is 1. The van der Waals surface area contributed by atoms with Gasteiger partial charge in [-0.2, -0.15) is 0 Å². The van der Waals surface area contributed by atoms with Gasteiger partial charge in [-0.15, -0.1) is 0 Å². The Morgan fingerprint density at radius 1 is 1.23 bits per heavy atom. The van der Waals surface area contributed by atoms with Crippen LogP contribution in [-0.2, 0) is 4.79 Å². The summed E-state index contributed by atoms with van der Waals surface area (Å²) in [6.45, 7) is 6.39. The first-order valence-corrected chi connectivity index (χ1v) is 8.30. The van der Waals surface area contributed by atoms with Crippen molar-refractivity contribution in [3.05, 3.63) is 24.5 Å². The molecule has 1 aromatic rings. The quantitative estimate of drug-likeness (QED) is 0.859. The molecule has 2 fully saturated rings. The SMILES string of the molecule is CC(C)(C)CC(=O)N1C2CCC1CC(Oc1ccncc1)C2. The molecule has 120 valence electrons. The highest BCUT2D eigenvalue weighted by Crippen LogP contribution is 2.38. The van der Waals surface area contributed by atoms with E-state index in [2.05, 4.69) is 30.7 Å². The Morgan fingerprint density at radius 3 is 2.36 bits per heavy atom. The van der Waals surface area contributed by atoms with Crippen LogP contribution in [-0.4, -0.2) is 34.0 Å². The van der Waals surface area contributed by atoms with Crippen molar-refractivity contribution < 1.29 is 9.53 Å². The van der Waals surface area contributed by atoms with Crippen molar-refractivity contribution in [2.24, 2.45) is 5.41 Å². The maximum atomic E-state index is 12.6. The largest absolute Gasteiger partial charge is 0.490 e. The average Bonchev–Trinajstić information content (AvgIpc) is 2.70. The standard InChI is InChI=1S/C18H26N2O2/c1-18(2,3)12-17(21)20-13-4-5-14(20)11-16(10-13)22-15-6-8-19-9-7-15/h6-9,13-14,16H,4-5,10-12H2,1-3H3. The molecular formula is C18H26N2O2. The zero-order valence-corrected chi connectivity index (χ0v) is 13.8. The predicted molar refractivity (Wildman–Crippen MR) is 85.6 cm³/mol. The zero-order chi connectivity index (χ0) is 15.7. The van der Waals surface area contributed by atoms with E-state index >= 15 is 0 Å². The van der Waals surface area contributed by atoms with Gasteiger partial charge >= 0.3 is 0 Å². The third-order valence-electron chi connectivity index (χ3n) is 4.61. The van der Waals surface area contributed by atoms with Crippen molar-refractivity contribution in [1.29, 1.82) is 0 Å². The highest BCUT2D eigenvalue weighted by Gasteiger charge is 2.44. The van der Waals surface area contributed by atoms with Crippen LogP contribution in [0.2, 0.25) is 0 Å². The molecule has 2 saturated heterocycles. The highest BCUT2D eigenvalue weighted by molar-refractivity contribution is 5.78. The van der Waals surface area contributed by atoms with E-state index in [4.69, 9.17) is 4.74 Å². The fourth-order valence-corrected chi connectivity index (χ4v) is 3.78. The predicted octanol–water partition coefficient (Wildman–Crippen LogP) is 3.42. The van der Waals surface area contributed by atoms with E-state index < -0.39 is 0 Å². The lowest BCUT2D eigenvalue weighted by molar-refractivity contribution is -0.139. The summed E-state index contributed by atoms with van der Waals surface area (Å²) in [4.78, 5) is 18.8. The first-order chi connectivity index (χ1) is 10.4. The number of carbonyl (C=O) groups is 1. The molecule has 0 spiro atoms. The smallest absolute Gasteiger partial charge is 0.223 e. The Hall–Kier alpha value is -1.58. The van der Waals surface area contributed by atoms with Gasteiger partial charge in [0, 0.05) is 43.7 Å². The zero-order valence-electron chi connectivity index (χ0n) is 13.8. The first-order valence-electron chi connectivity index (χ1n) is 8.30. The number of piperidine rings is 1. The van der Waals surface area contributed by atoms with E-state index in [0.717, 1.165) is 31.4 Å². The van der Waals surface area contributed by atoms with Crippen LogP contribution >= 0.6 is 0 Å². The third kappa shape index (κ3) is 3.42. The molecule has 2 aliphatic rings. The number of fused-ring (bicyclic) bond motifs is 2. The van der Waals surface area contributed by atoms with Crippen molar-refractivity contribution in [2.75, 3.05) is 0 Å². The van der Waals surface area contributed by atoms with Crippen LogP contribution in [0.15, 0.2) is 24.5 Å². The molecule has 2 bridgehead atoms. The molecule has 3 heterocycles. The van der Waals surface area contributed by atoms with E-state index in [1.54, 1.807) is 12.4 Å². The van der Waals surface area contributed by atoms with Crippen molar-refractivity contribution in [3.63, 3.8) is 0 Å².